The molecule has 16 heavy (non-hydrogen) atoms. The molecular weight excluding hydrogens is 268 g/mol. The second-order valence-corrected chi connectivity index (χ2v) is 6.68. The van der Waals surface area contributed by atoms with E-state index in [1.807, 2.05) is 6.92 Å². The summed E-state index contributed by atoms with van der Waals surface area (Å²) in [6, 6.07) is 1.44. The van der Waals surface area contributed by atoms with E-state index in [-0.39, 0.29) is 18.4 Å². The Morgan fingerprint density at radius 2 is 2.06 bits per heavy atom. The molecule has 0 saturated carbocycles. The summed E-state index contributed by atoms with van der Waals surface area (Å²) >= 11 is 1.48. The predicted molar refractivity (Wildman–Crippen MR) is 69.9 cm³/mol. The van der Waals surface area contributed by atoms with Gasteiger partial charge in [0.25, 0.3) is 0 Å². The van der Waals surface area contributed by atoms with Crippen molar-refractivity contribution in [2.75, 3.05) is 6.54 Å². The molecule has 1 rings (SSSR count). The Labute approximate surface area is 107 Å². The molecule has 0 saturated heterocycles. The van der Waals surface area contributed by atoms with Crippen LogP contribution in [0.4, 0.5) is 0 Å². The lowest BCUT2D eigenvalue weighted by molar-refractivity contribution is 0.562. The number of hydrogen-bond donors (Lipinski definition) is 2. The summed E-state index contributed by atoms with van der Waals surface area (Å²) in [5.41, 5.74) is 5.38. The molecule has 3 N–H and O–H groups in total. The van der Waals surface area contributed by atoms with Crippen molar-refractivity contribution in [1.82, 2.24) is 4.72 Å². The molecular formula is C9H17ClN2O2S2. The average molecular weight is 285 g/mol. The molecule has 0 aliphatic rings. The highest BCUT2D eigenvalue weighted by Crippen LogP contribution is 2.24. The first-order valence-corrected chi connectivity index (χ1v) is 6.96. The second kappa shape index (κ2) is 5.97. The number of rotatable bonds is 4. The summed E-state index contributed by atoms with van der Waals surface area (Å²) in [7, 11) is -3.40. The number of sulfonamides is 1. The van der Waals surface area contributed by atoms with Gasteiger partial charge in [-0.1, -0.05) is 0 Å². The zero-order valence-corrected chi connectivity index (χ0v) is 11.9. The molecule has 0 aliphatic heterocycles. The maximum atomic E-state index is 11.9. The second-order valence-electron chi connectivity index (χ2n) is 3.54. The fourth-order valence-corrected chi connectivity index (χ4v) is 4.06. The minimum atomic E-state index is -3.40. The van der Waals surface area contributed by atoms with Crippen molar-refractivity contribution in [3.8, 4) is 0 Å². The zero-order valence-electron chi connectivity index (χ0n) is 9.48. The summed E-state index contributed by atoms with van der Waals surface area (Å²) in [5.74, 6) is 0. The normalized spacial score (nSPS) is 13.2. The monoisotopic (exact) mass is 284 g/mol. The van der Waals surface area contributed by atoms with Crippen molar-refractivity contribution in [2.45, 2.75) is 31.7 Å². The van der Waals surface area contributed by atoms with Gasteiger partial charge in [-0.2, -0.15) is 0 Å². The highest BCUT2D eigenvalue weighted by molar-refractivity contribution is 7.89. The van der Waals surface area contributed by atoms with Gasteiger partial charge in [0, 0.05) is 22.3 Å². The smallest absolute Gasteiger partial charge is 0.241 e. The van der Waals surface area contributed by atoms with Crippen LogP contribution in [0.5, 0.6) is 0 Å². The maximum absolute atomic E-state index is 11.9. The molecule has 0 aliphatic carbocycles. The van der Waals surface area contributed by atoms with Crippen LogP contribution in [-0.2, 0) is 10.0 Å². The van der Waals surface area contributed by atoms with Gasteiger partial charge in [-0.15, -0.1) is 23.7 Å². The molecule has 0 spiro atoms. The fraction of sp³-hybridized carbons (Fsp3) is 0.556. The van der Waals surface area contributed by atoms with Crippen LogP contribution in [0, 0.1) is 13.8 Å². The number of nitrogens with two attached hydrogens (primary N) is 1. The average Bonchev–Trinajstić information content (AvgIpc) is 2.45. The van der Waals surface area contributed by atoms with Crippen molar-refractivity contribution in [3.63, 3.8) is 0 Å². The van der Waals surface area contributed by atoms with E-state index in [1.54, 1.807) is 19.9 Å². The molecule has 94 valence electrons. The molecule has 7 heteroatoms. The molecule has 1 heterocycles. The van der Waals surface area contributed by atoms with Crippen molar-refractivity contribution >= 4 is 33.8 Å². The van der Waals surface area contributed by atoms with Crippen LogP contribution in [0.25, 0.3) is 0 Å². The summed E-state index contributed by atoms with van der Waals surface area (Å²) in [5, 5.41) is 0. The molecule has 0 bridgehead atoms. The first-order valence-electron chi connectivity index (χ1n) is 4.66. The molecule has 1 aromatic heterocycles. The molecule has 4 nitrogen and oxygen atoms in total. The number of aryl methyl sites for hydroxylation is 2. The van der Waals surface area contributed by atoms with Crippen molar-refractivity contribution < 1.29 is 8.42 Å². The fourth-order valence-electron chi connectivity index (χ4n) is 1.25. The standard InChI is InChI=1S/C9H16N2O2S2.ClH/c1-6(5-10)11-15(12,13)9-4-7(2)14-8(9)3;/h4,6,11H,5,10H2,1-3H3;1H/t6-;/m1./s1. The summed E-state index contributed by atoms with van der Waals surface area (Å²) < 4.78 is 26.3. The van der Waals surface area contributed by atoms with E-state index in [0.29, 0.717) is 11.4 Å². The zero-order chi connectivity index (χ0) is 11.6. The van der Waals surface area contributed by atoms with Crippen LogP contribution in [-0.4, -0.2) is 21.0 Å². The molecule has 1 aromatic rings. The molecule has 0 amide bonds. The van der Waals surface area contributed by atoms with Gasteiger partial charge in [0.1, 0.15) is 0 Å². The van der Waals surface area contributed by atoms with Gasteiger partial charge in [0.05, 0.1) is 4.90 Å². The highest BCUT2D eigenvalue weighted by atomic mass is 35.5. The van der Waals surface area contributed by atoms with Gasteiger partial charge in [0.2, 0.25) is 10.0 Å². The molecule has 1 atom stereocenters. The minimum absolute atomic E-state index is 0. The Kier molecular flexibility index (Phi) is 5.92. The summed E-state index contributed by atoms with van der Waals surface area (Å²) in [6.07, 6.45) is 0. The van der Waals surface area contributed by atoms with Gasteiger partial charge >= 0.3 is 0 Å². The van der Waals surface area contributed by atoms with E-state index < -0.39 is 10.0 Å². The Balaban J connectivity index is 0.00000225. The van der Waals surface area contributed by atoms with Gasteiger partial charge in [-0.25, -0.2) is 13.1 Å². The molecule has 0 fully saturated rings. The molecule has 0 unspecified atom stereocenters. The predicted octanol–water partition coefficient (Wildman–Crippen LogP) is 1.41. The third-order valence-electron chi connectivity index (χ3n) is 1.99. The first-order chi connectivity index (χ1) is 6.86. The Morgan fingerprint density at radius 1 is 1.50 bits per heavy atom. The quantitative estimate of drug-likeness (QED) is 0.878. The van der Waals surface area contributed by atoms with E-state index in [9.17, 15) is 8.42 Å². The number of nitrogens with one attached hydrogen (secondary N) is 1. The molecule has 0 aromatic carbocycles. The van der Waals surface area contributed by atoms with E-state index in [0.717, 1.165) is 9.75 Å². The van der Waals surface area contributed by atoms with Crippen LogP contribution >= 0.6 is 23.7 Å². The van der Waals surface area contributed by atoms with Crippen LogP contribution in [0.3, 0.4) is 0 Å². The van der Waals surface area contributed by atoms with E-state index in [4.69, 9.17) is 5.73 Å². The Bertz CT molecular complexity index is 442. The number of thiophene rings is 1. The van der Waals surface area contributed by atoms with E-state index in [2.05, 4.69) is 4.72 Å². The van der Waals surface area contributed by atoms with Gasteiger partial charge in [-0.3, -0.25) is 0 Å². The minimum Gasteiger partial charge on any atom is -0.329 e. The Morgan fingerprint density at radius 3 is 2.44 bits per heavy atom. The molecule has 0 radical (unpaired) electrons. The van der Waals surface area contributed by atoms with Crippen LogP contribution in [0.15, 0.2) is 11.0 Å². The lowest BCUT2D eigenvalue weighted by atomic mass is 10.4. The van der Waals surface area contributed by atoms with E-state index >= 15 is 0 Å². The van der Waals surface area contributed by atoms with Gasteiger partial charge in [-0.05, 0) is 26.8 Å². The van der Waals surface area contributed by atoms with Crippen LogP contribution < -0.4 is 10.5 Å². The summed E-state index contributed by atoms with van der Waals surface area (Å²) in [4.78, 5) is 2.17. The van der Waals surface area contributed by atoms with Crippen molar-refractivity contribution in [1.29, 1.82) is 0 Å². The third kappa shape index (κ3) is 3.71. The number of halogens is 1. The third-order valence-corrected chi connectivity index (χ3v) is 4.81. The lowest BCUT2D eigenvalue weighted by Gasteiger charge is -2.11. The van der Waals surface area contributed by atoms with E-state index in [1.165, 1.54) is 11.3 Å². The van der Waals surface area contributed by atoms with Gasteiger partial charge in [0.15, 0.2) is 0 Å². The Hall–Kier alpha value is -0.140. The number of hydrogen-bond acceptors (Lipinski definition) is 4. The van der Waals surface area contributed by atoms with Crippen LogP contribution in [0.2, 0.25) is 0 Å². The van der Waals surface area contributed by atoms with Crippen LogP contribution in [0.1, 0.15) is 16.7 Å². The first kappa shape index (κ1) is 15.9. The van der Waals surface area contributed by atoms with Crippen molar-refractivity contribution in [2.24, 2.45) is 5.73 Å². The van der Waals surface area contributed by atoms with Crippen molar-refractivity contribution in [3.05, 3.63) is 15.8 Å². The van der Waals surface area contributed by atoms with Gasteiger partial charge < -0.3 is 5.73 Å². The SMILES string of the molecule is Cc1cc(S(=O)(=O)N[C@H](C)CN)c(C)s1.Cl. The largest absolute Gasteiger partial charge is 0.329 e. The lowest BCUT2D eigenvalue weighted by Crippen LogP contribution is -2.37. The maximum Gasteiger partial charge on any atom is 0.241 e. The topological polar surface area (TPSA) is 72.2 Å². The highest BCUT2D eigenvalue weighted by Gasteiger charge is 2.20. The summed E-state index contributed by atoms with van der Waals surface area (Å²) in [6.45, 7) is 5.73.